The van der Waals surface area contributed by atoms with Gasteiger partial charge in [-0.2, -0.15) is 0 Å². The minimum absolute atomic E-state index is 0.0888. The topological polar surface area (TPSA) is 93.1 Å². The highest BCUT2D eigenvalue weighted by Crippen LogP contribution is 2.29. The van der Waals surface area contributed by atoms with Crippen LogP contribution in [0.2, 0.25) is 0 Å². The molecule has 0 fully saturated rings. The number of nitrogens with zero attached hydrogens (tertiary/aromatic N) is 2. The van der Waals surface area contributed by atoms with Crippen LogP contribution in [0.15, 0.2) is 9.95 Å². The average Bonchev–Trinajstić information content (AvgIpc) is 2.87. The summed E-state index contributed by atoms with van der Waals surface area (Å²) in [5.74, 6) is -0.123. The molecule has 0 saturated heterocycles. The Hall–Kier alpha value is -1.87. The molecule has 7 nitrogen and oxygen atoms in total. The van der Waals surface area contributed by atoms with Crippen LogP contribution in [0.4, 0.5) is 4.79 Å². The summed E-state index contributed by atoms with van der Waals surface area (Å²) in [7, 11) is 0. The fourth-order valence-electron chi connectivity index (χ4n) is 2.44. The van der Waals surface area contributed by atoms with Crippen molar-refractivity contribution in [3.05, 3.63) is 20.8 Å². The first-order valence-corrected chi connectivity index (χ1v) is 10.6. The number of aromatic nitrogens is 2. The van der Waals surface area contributed by atoms with Gasteiger partial charge in [0.1, 0.15) is 4.83 Å². The zero-order valence-electron chi connectivity index (χ0n) is 16.5. The van der Waals surface area contributed by atoms with Crippen LogP contribution >= 0.6 is 23.1 Å². The van der Waals surface area contributed by atoms with Crippen molar-refractivity contribution >= 4 is 45.3 Å². The number of hydrogen-bond donors (Lipinski definition) is 2. The number of nitrogens with one attached hydrogen (secondary N) is 2. The lowest BCUT2D eigenvalue weighted by atomic mass is 10.2. The summed E-state index contributed by atoms with van der Waals surface area (Å²) in [5, 5.41) is 5.55. The van der Waals surface area contributed by atoms with Crippen LogP contribution in [-0.4, -0.2) is 33.3 Å². The number of carbonyl (C=O) groups excluding carboxylic acids is 2. The number of rotatable bonds is 6. The molecule has 0 aliphatic heterocycles. The molecule has 3 amide bonds. The van der Waals surface area contributed by atoms with E-state index in [1.165, 1.54) is 23.1 Å². The first kappa shape index (κ1) is 21.4. The van der Waals surface area contributed by atoms with E-state index in [0.717, 1.165) is 10.4 Å². The molecule has 2 aromatic rings. The number of thiophene rings is 1. The van der Waals surface area contributed by atoms with Gasteiger partial charge in [0.25, 0.3) is 5.56 Å². The van der Waals surface area contributed by atoms with Crippen LogP contribution in [0.1, 0.15) is 38.1 Å². The molecule has 27 heavy (non-hydrogen) atoms. The second kappa shape index (κ2) is 8.88. The molecule has 0 aliphatic rings. The molecule has 9 heteroatoms. The molecule has 2 N–H and O–H groups in total. The van der Waals surface area contributed by atoms with Gasteiger partial charge in [0.2, 0.25) is 5.91 Å². The third-order valence-corrected chi connectivity index (χ3v) is 6.32. The number of carbonyl (C=O) groups is 2. The van der Waals surface area contributed by atoms with Crippen molar-refractivity contribution in [1.82, 2.24) is 20.2 Å². The predicted octanol–water partition coefficient (Wildman–Crippen LogP) is 3.06. The molecule has 0 saturated carbocycles. The maximum absolute atomic E-state index is 12.8. The lowest BCUT2D eigenvalue weighted by molar-refractivity contribution is -0.119. The van der Waals surface area contributed by atoms with Crippen LogP contribution < -0.4 is 16.2 Å². The fourth-order valence-corrected chi connectivity index (χ4v) is 4.49. The second-order valence-corrected chi connectivity index (χ2v) is 9.27. The van der Waals surface area contributed by atoms with Crippen LogP contribution in [0.5, 0.6) is 0 Å². The Morgan fingerprint density at radius 2 is 1.93 bits per heavy atom. The zero-order chi connectivity index (χ0) is 20.3. The van der Waals surface area contributed by atoms with E-state index in [2.05, 4.69) is 15.6 Å². The summed E-state index contributed by atoms with van der Waals surface area (Å²) in [4.78, 5) is 43.3. The molecule has 2 heterocycles. The molecule has 2 rings (SSSR count). The van der Waals surface area contributed by atoms with E-state index in [1.54, 1.807) is 11.5 Å². The standard InChI is InChI=1S/C18H26N4O3S2/c1-7-22-16(24)13-10(4)11(5)26-15(13)21-18(22)27-12(6)14(23)20-17(25)19-8-9(2)3/h9,12H,7-8H2,1-6H3,(H2,19,20,23,25). The van der Waals surface area contributed by atoms with E-state index in [0.29, 0.717) is 34.4 Å². The summed E-state index contributed by atoms with van der Waals surface area (Å²) in [6.45, 7) is 12.4. The maximum Gasteiger partial charge on any atom is 0.321 e. The van der Waals surface area contributed by atoms with Crippen molar-refractivity contribution in [2.45, 2.75) is 58.5 Å². The van der Waals surface area contributed by atoms with Crippen LogP contribution in [0, 0.1) is 19.8 Å². The summed E-state index contributed by atoms with van der Waals surface area (Å²) in [5.41, 5.74) is 0.869. The van der Waals surface area contributed by atoms with Crippen molar-refractivity contribution in [2.75, 3.05) is 6.54 Å². The normalized spacial score (nSPS) is 12.4. The summed E-state index contributed by atoms with van der Waals surface area (Å²) >= 11 is 2.66. The van der Waals surface area contributed by atoms with E-state index >= 15 is 0 Å². The van der Waals surface area contributed by atoms with Gasteiger partial charge in [0, 0.05) is 18.0 Å². The smallest absolute Gasteiger partial charge is 0.321 e. The summed E-state index contributed by atoms with van der Waals surface area (Å²) in [6.07, 6.45) is 0. The first-order valence-electron chi connectivity index (χ1n) is 8.91. The Bertz CT molecular complexity index is 917. The van der Waals surface area contributed by atoms with Gasteiger partial charge in [-0.3, -0.25) is 19.5 Å². The molecule has 2 aromatic heterocycles. The van der Waals surface area contributed by atoms with Gasteiger partial charge < -0.3 is 5.32 Å². The van der Waals surface area contributed by atoms with Crippen molar-refractivity contribution in [2.24, 2.45) is 5.92 Å². The molecule has 0 spiro atoms. The van der Waals surface area contributed by atoms with Crippen LogP contribution in [0.25, 0.3) is 10.2 Å². The largest absolute Gasteiger partial charge is 0.338 e. The second-order valence-electron chi connectivity index (χ2n) is 6.76. The number of thioether (sulfide) groups is 1. The van der Waals surface area contributed by atoms with Crippen LogP contribution in [-0.2, 0) is 11.3 Å². The Kier molecular flexibility index (Phi) is 7.05. The van der Waals surface area contributed by atoms with Gasteiger partial charge in [0.05, 0.1) is 10.6 Å². The molecule has 148 valence electrons. The van der Waals surface area contributed by atoms with Gasteiger partial charge in [-0.1, -0.05) is 25.6 Å². The van der Waals surface area contributed by atoms with Crippen molar-refractivity contribution in [3.63, 3.8) is 0 Å². The molecule has 1 unspecified atom stereocenters. The van der Waals surface area contributed by atoms with E-state index < -0.39 is 17.2 Å². The quantitative estimate of drug-likeness (QED) is 0.564. The van der Waals surface area contributed by atoms with Gasteiger partial charge in [-0.25, -0.2) is 9.78 Å². The highest BCUT2D eigenvalue weighted by Gasteiger charge is 2.22. The lowest BCUT2D eigenvalue weighted by Gasteiger charge is -2.15. The van der Waals surface area contributed by atoms with Gasteiger partial charge in [-0.15, -0.1) is 11.3 Å². The fraction of sp³-hybridized carbons (Fsp3) is 0.556. The van der Waals surface area contributed by atoms with E-state index in [9.17, 15) is 14.4 Å². The number of hydrogen-bond acceptors (Lipinski definition) is 6. The van der Waals surface area contributed by atoms with Gasteiger partial charge >= 0.3 is 6.03 Å². The minimum Gasteiger partial charge on any atom is -0.338 e. The molecule has 0 aliphatic carbocycles. The third kappa shape index (κ3) is 4.90. The molecule has 0 radical (unpaired) electrons. The molecule has 0 aromatic carbocycles. The average molecular weight is 411 g/mol. The number of imide groups is 1. The van der Waals surface area contributed by atoms with E-state index in [1.807, 2.05) is 34.6 Å². The maximum atomic E-state index is 12.8. The van der Waals surface area contributed by atoms with Crippen molar-refractivity contribution in [1.29, 1.82) is 0 Å². The number of urea groups is 1. The van der Waals surface area contributed by atoms with Crippen molar-refractivity contribution < 1.29 is 9.59 Å². The third-order valence-electron chi connectivity index (χ3n) is 4.13. The highest BCUT2D eigenvalue weighted by molar-refractivity contribution is 8.00. The lowest BCUT2D eigenvalue weighted by Crippen LogP contribution is -2.43. The minimum atomic E-state index is -0.570. The number of amides is 3. The van der Waals surface area contributed by atoms with Gasteiger partial charge in [-0.05, 0) is 39.2 Å². The number of fused-ring (bicyclic) bond motifs is 1. The van der Waals surface area contributed by atoms with E-state index in [4.69, 9.17) is 0 Å². The first-order chi connectivity index (χ1) is 12.6. The monoisotopic (exact) mass is 410 g/mol. The van der Waals surface area contributed by atoms with Crippen molar-refractivity contribution in [3.8, 4) is 0 Å². The summed E-state index contributed by atoms with van der Waals surface area (Å²) in [6, 6.07) is -0.512. The van der Waals surface area contributed by atoms with Crippen LogP contribution in [0.3, 0.4) is 0 Å². The highest BCUT2D eigenvalue weighted by atomic mass is 32.2. The Balaban J connectivity index is 2.21. The Labute approximate surface area is 166 Å². The number of aryl methyl sites for hydroxylation is 2. The molecular weight excluding hydrogens is 384 g/mol. The predicted molar refractivity (Wildman–Crippen MR) is 111 cm³/mol. The van der Waals surface area contributed by atoms with Gasteiger partial charge in [0.15, 0.2) is 5.16 Å². The summed E-state index contributed by atoms with van der Waals surface area (Å²) < 4.78 is 1.58. The Morgan fingerprint density at radius 1 is 1.26 bits per heavy atom. The molecule has 0 bridgehead atoms. The molecule has 1 atom stereocenters. The Morgan fingerprint density at radius 3 is 2.52 bits per heavy atom. The zero-order valence-corrected chi connectivity index (χ0v) is 18.1. The van der Waals surface area contributed by atoms with E-state index in [-0.39, 0.29) is 5.56 Å². The molecular formula is C18H26N4O3S2. The SMILES string of the molecule is CCn1c(SC(C)C(=O)NC(=O)NCC(C)C)nc2sc(C)c(C)c2c1=O.